The second-order valence-corrected chi connectivity index (χ2v) is 8.33. The Bertz CT molecular complexity index is 1040. The maximum Gasteiger partial charge on any atom is 0.260 e. The Morgan fingerprint density at radius 1 is 1.10 bits per heavy atom. The number of sulfonamides is 1. The summed E-state index contributed by atoms with van der Waals surface area (Å²) in [6, 6.07) is 9.55. The molecule has 2 aromatic rings. The molecule has 1 amide bonds. The first-order valence-corrected chi connectivity index (χ1v) is 10.8. The first-order valence-electron chi connectivity index (χ1n) is 8.54. The minimum Gasteiger partial charge on any atom is -0.497 e. The van der Waals surface area contributed by atoms with Crippen molar-refractivity contribution in [1.29, 1.82) is 0 Å². The number of methoxy groups -OCH3 is 3. The van der Waals surface area contributed by atoms with Crippen molar-refractivity contribution in [2.24, 2.45) is 5.10 Å². The molecule has 0 fully saturated rings. The first kappa shape index (κ1) is 23.3. The predicted molar refractivity (Wildman–Crippen MR) is 115 cm³/mol. The van der Waals surface area contributed by atoms with Crippen molar-refractivity contribution in [1.82, 2.24) is 5.43 Å². The van der Waals surface area contributed by atoms with E-state index in [0.717, 1.165) is 10.6 Å². The Labute approximate surface area is 180 Å². The lowest BCUT2D eigenvalue weighted by Gasteiger charge is -2.23. The average molecular weight is 456 g/mol. The number of nitrogens with one attached hydrogen (secondary N) is 1. The molecule has 0 saturated carbocycles. The van der Waals surface area contributed by atoms with Gasteiger partial charge in [-0.1, -0.05) is 11.6 Å². The zero-order valence-electron chi connectivity index (χ0n) is 16.9. The predicted octanol–water partition coefficient (Wildman–Crippen LogP) is 2.28. The lowest BCUT2D eigenvalue weighted by Crippen LogP contribution is -2.39. The van der Waals surface area contributed by atoms with Gasteiger partial charge in [-0.2, -0.15) is 5.10 Å². The number of rotatable bonds is 9. The molecule has 0 bridgehead atoms. The van der Waals surface area contributed by atoms with E-state index >= 15 is 0 Å². The molecule has 0 atom stereocenters. The van der Waals surface area contributed by atoms with Crippen molar-refractivity contribution >= 4 is 39.4 Å². The highest BCUT2D eigenvalue weighted by molar-refractivity contribution is 7.92. The standard InChI is InChI=1S/C19H22ClN3O6S/c1-27-15-7-5-13(18(10-15)29-3)11-21-22-19(24)12-23(30(4,25)26)16-9-14(20)6-8-17(16)28-2/h5-11H,12H2,1-4H3,(H,22,24)/b21-11-. The minimum absolute atomic E-state index is 0.142. The lowest BCUT2D eigenvalue weighted by molar-refractivity contribution is -0.119. The summed E-state index contributed by atoms with van der Waals surface area (Å²) in [5.74, 6) is 0.691. The largest absolute Gasteiger partial charge is 0.497 e. The minimum atomic E-state index is -3.81. The van der Waals surface area contributed by atoms with E-state index in [2.05, 4.69) is 10.5 Å². The highest BCUT2D eigenvalue weighted by Crippen LogP contribution is 2.32. The van der Waals surface area contributed by atoms with Gasteiger partial charge >= 0.3 is 0 Å². The van der Waals surface area contributed by atoms with Crippen LogP contribution in [-0.2, 0) is 14.8 Å². The molecule has 0 aromatic heterocycles. The van der Waals surface area contributed by atoms with Crippen molar-refractivity contribution in [3.05, 3.63) is 47.0 Å². The SMILES string of the molecule is COc1ccc(/C=N\NC(=O)CN(c2cc(Cl)ccc2OC)S(C)(=O)=O)c(OC)c1. The Kier molecular flexibility index (Phi) is 7.90. The monoisotopic (exact) mass is 455 g/mol. The van der Waals surface area contributed by atoms with Crippen molar-refractivity contribution in [2.75, 3.05) is 38.4 Å². The number of halogens is 1. The van der Waals surface area contributed by atoms with E-state index < -0.39 is 22.5 Å². The molecular formula is C19H22ClN3O6S. The smallest absolute Gasteiger partial charge is 0.260 e. The van der Waals surface area contributed by atoms with E-state index in [1.54, 1.807) is 24.3 Å². The number of hydrogen-bond acceptors (Lipinski definition) is 7. The van der Waals surface area contributed by atoms with Crippen molar-refractivity contribution < 1.29 is 27.4 Å². The van der Waals surface area contributed by atoms with Crippen LogP contribution in [0.5, 0.6) is 17.2 Å². The molecule has 162 valence electrons. The van der Waals surface area contributed by atoms with Crippen molar-refractivity contribution in [3.63, 3.8) is 0 Å². The van der Waals surface area contributed by atoms with Crippen LogP contribution in [0.1, 0.15) is 5.56 Å². The summed E-state index contributed by atoms with van der Waals surface area (Å²) < 4.78 is 41.0. The lowest BCUT2D eigenvalue weighted by atomic mass is 10.2. The molecule has 11 heteroatoms. The molecule has 0 unspecified atom stereocenters. The van der Waals surface area contributed by atoms with Gasteiger partial charge in [0.25, 0.3) is 5.91 Å². The molecule has 30 heavy (non-hydrogen) atoms. The topological polar surface area (TPSA) is 107 Å². The maximum atomic E-state index is 12.3. The number of hydrazone groups is 1. The van der Waals surface area contributed by atoms with Crippen LogP contribution >= 0.6 is 11.6 Å². The summed E-state index contributed by atoms with van der Waals surface area (Å²) in [5, 5.41) is 4.17. The second-order valence-electron chi connectivity index (χ2n) is 5.99. The zero-order chi connectivity index (χ0) is 22.3. The van der Waals surface area contributed by atoms with E-state index in [4.69, 9.17) is 25.8 Å². The van der Waals surface area contributed by atoms with E-state index in [1.165, 1.54) is 39.7 Å². The number of hydrogen-bond donors (Lipinski definition) is 1. The third kappa shape index (κ3) is 6.01. The van der Waals surface area contributed by atoms with Gasteiger partial charge in [0, 0.05) is 16.7 Å². The normalized spacial score (nSPS) is 11.2. The van der Waals surface area contributed by atoms with Gasteiger partial charge in [-0.15, -0.1) is 0 Å². The quantitative estimate of drug-likeness (QED) is 0.459. The van der Waals surface area contributed by atoms with Gasteiger partial charge in [0.2, 0.25) is 10.0 Å². The summed E-state index contributed by atoms with van der Waals surface area (Å²) in [7, 11) is 0.605. The number of carbonyl (C=O) groups excluding carboxylic acids is 1. The third-order valence-electron chi connectivity index (χ3n) is 3.93. The summed E-state index contributed by atoms with van der Waals surface area (Å²) in [4.78, 5) is 12.3. The Hall–Kier alpha value is -2.98. The van der Waals surface area contributed by atoms with Crippen LogP contribution in [0.4, 0.5) is 5.69 Å². The highest BCUT2D eigenvalue weighted by atomic mass is 35.5. The van der Waals surface area contributed by atoms with E-state index in [1.807, 2.05) is 0 Å². The van der Waals surface area contributed by atoms with E-state index in [-0.39, 0.29) is 11.4 Å². The number of benzene rings is 2. The van der Waals surface area contributed by atoms with Gasteiger partial charge in [-0.25, -0.2) is 13.8 Å². The molecule has 9 nitrogen and oxygen atoms in total. The van der Waals surface area contributed by atoms with Gasteiger partial charge < -0.3 is 14.2 Å². The molecule has 0 aliphatic rings. The van der Waals surface area contributed by atoms with Crippen molar-refractivity contribution in [3.8, 4) is 17.2 Å². The fourth-order valence-electron chi connectivity index (χ4n) is 2.50. The van der Waals surface area contributed by atoms with Crippen LogP contribution in [0.2, 0.25) is 5.02 Å². The average Bonchev–Trinajstić information content (AvgIpc) is 2.71. The van der Waals surface area contributed by atoms with Gasteiger partial charge in [0.15, 0.2) is 0 Å². The molecule has 0 saturated heterocycles. The van der Waals surface area contributed by atoms with Crippen LogP contribution < -0.4 is 23.9 Å². The molecule has 0 heterocycles. The van der Waals surface area contributed by atoms with Gasteiger partial charge in [-0.05, 0) is 30.3 Å². The summed E-state index contributed by atoms with van der Waals surface area (Å²) in [6.07, 6.45) is 2.35. The maximum absolute atomic E-state index is 12.3. The summed E-state index contributed by atoms with van der Waals surface area (Å²) in [5.41, 5.74) is 3.03. The number of ether oxygens (including phenoxy) is 3. The molecule has 1 N–H and O–H groups in total. The first-order chi connectivity index (χ1) is 14.2. The van der Waals surface area contributed by atoms with Gasteiger partial charge in [0.05, 0.1) is 39.5 Å². The second kappa shape index (κ2) is 10.2. The fraction of sp³-hybridized carbons (Fsp3) is 0.263. The van der Waals surface area contributed by atoms with E-state index in [9.17, 15) is 13.2 Å². The molecule has 0 aliphatic heterocycles. The molecule has 0 aliphatic carbocycles. The molecule has 0 radical (unpaired) electrons. The molecular weight excluding hydrogens is 434 g/mol. The Morgan fingerprint density at radius 2 is 1.80 bits per heavy atom. The Balaban J connectivity index is 2.19. The van der Waals surface area contributed by atoms with Gasteiger partial charge in [0.1, 0.15) is 23.8 Å². The van der Waals surface area contributed by atoms with E-state index in [0.29, 0.717) is 22.1 Å². The number of carbonyl (C=O) groups is 1. The third-order valence-corrected chi connectivity index (χ3v) is 5.29. The van der Waals surface area contributed by atoms with Gasteiger partial charge in [-0.3, -0.25) is 9.10 Å². The molecule has 2 rings (SSSR count). The van der Waals surface area contributed by atoms with Crippen LogP contribution in [-0.4, -0.2) is 54.7 Å². The Morgan fingerprint density at radius 3 is 2.40 bits per heavy atom. The zero-order valence-corrected chi connectivity index (χ0v) is 18.5. The summed E-state index contributed by atoms with van der Waals surface area (Å²) in [6.45, 7) is -0.521. The molecule has 0 spiro atoms. The fourth-order valence-corrected chi connectivity index (χ4v) is 3.52. The van der Waals surface area contributed by atoms with Crippen LogP contribution in [0, 0.1) is 0 Å². The summed E-state index contributed by atoms with van der Waals surface area (Å²) >= 11 is 5.98. The molecule has 2 aromatic carbocycles. The van der Waals surface area contributed by atoms with Crippen LogP contribution in [0.3, 0.4) is 0 Å². The highest BCUT2D eigenvalue weighted by Gasteiger charge is 2.24. The number of amides is 1. The van der Waals surface area contributed by atoms with Crippen LogP contribution in [0.15, 0.2) is 41.5 Å². The van der Waals surface area contributed by atoms with Crippen molar-refractivity contribution in [2.45, 2.75) is 0 Å². The number of nitrogens with zero attached hydrogens (tertiary/aromatic N) is 2. The van der Waals surface area contributed by atoms with Crippen LogP contribution in [0.25, 0.3) is 0 Å². The number of anilines is 1.